The molecule has 2 heterocycles. The van der Waals surface area contributed by atoms with Crippen LogP contribution in [-0.4, -0.2) is 9.38 Å². The average molecular weight is 320 g/mol. The van der Waals surface area contributed by atoms with Crippen molar-refractivity contribution in [3.05, 3.63) is 34.2 Å². The third kappa shape index (κ3) is 2.87. The van der Waals surface area contributed by atoms with Gasteiger partial charge in [0.1, 0.15) is 0 Å². The Bertz CT molecular complexity index is 683. The van der Waals surface area contributed by atoms with E-state index in [0.717, 1.165) is 12.3 Å². The van der Waals surface area contributed by atoms with E-state index in [0.29, 0.717) is 11.4 Å². The molecule has 0 spiro atoms. The topological polar surface area (TPSA) is 43.3 Å². The number of pyridine rings is 1. The monoisotopic (exact) mass is 319 g/mol. The molecule has 0 aromatic carbocycles. The number of hydrogen-bond donors (Lipinski definition) is 1. The zero-order chi connectivity index (χ0) is 16.2. The first kappa shape index (κ1) is 16.1. The molecule has 1 atom stereocenters. The number of aromatic nitrogens is 2. The fourth-order valence-corrected chi connectivity index (χ4v) is 2.43. The molecule has 0 fully saturated rings. The Hall–Kier alpha value is -1.27. The molecule has 1 unspecified atom stereocenters. The highest BCUT2D eigenvalue weighted by molar-refractivity contribution is 6.33. The minimum absolute atomic E-state index is 0.0414. The number of alkyl halides is 3. The van der Waals surface area contributed by atoms with Gasteiger partial charge in [-0.25, -0.2) is 4.98 Å². The molecule has 0 radical (unpaired) electrons. The van der Waals surface area contributed by atoms with Crippen LogP contribution in [0, 0.1) is 12.3 Å². The Morgan fingerprint density at radius 1 is 1.29 bits per heavy atom. The van der Waals surface area contributed by atoms with Crippen molar-refractivity contribution in [2.75, 3.05) is 0 Å². The number of hydrogen-bond acceptors (Lipinski definition) is 2. The quantitative estimate of drug-likeness (QED) is 0.848. The molecule has 0 amide bonds. The van der Waals surface area contributed by atoms with Gasteiger partial charge in [0.15, 0.2) is 5.65 Å². The Morgan fingerprint density at radius 3 is 2.33 bits per heavy atom. The fraction of sp³-hybridized carbons (Fsp3) is 0.500. The van der Waals surface area contributed by atoms with Crippen molar-refractivity contribution in [2.45, 2.75) is 39.9 Å². The normalized spacial score (nSPS) is 14.7. The summed E-state index contributed by atoms with van der Waals surface area (Å²) in [7, 11) is 0. The molecule has 0 aliphatic heterocycles. The predicted octanol–water partition coefficient (Wildman–Crippen LogP) is 4.36. The zero-order valence-electron chi connectivity index (χ0n) is 12.2. The first-order valence-electron chi connectivity index (χ1n) is 6.44. The number of nitrogens with two attached hydrogens (primary N) is 1. The maximum Gasteiger partial charge on any atom is 0.417 e. The molecule has 0 aliphatic rings. The molecule has 116 valence electrons. The van der Waals surface area contributed by atoms with E-state index in [4.69, 9.17) is 17.3 Å². The molecule has 0 aliphatic carbocycles. The Labute approximate surface area is 125 Å². The number of nitrogens with zero attached hydrogens (tertiary/aromatic N) is 2. The van der Waals surface area contributed by atoms with Crippen LogP contribution in [0.5, 0.6) is 0 Å². The summed E-state index contributed by atoms with van der Waals surface area (Å²) in [5, 5.41) is -0.0414. The molecule has 0 bridgehead atoms. The summed E-state index contributed by atoms with van der Waals surface area (Å²) in [5.74, 6) is 0. The highest BCUT2D eigenvalue weighted by Gasteiger charge is 2.34. The van der Waals surface area contributed by atoms with E-state index < -0.39 is 17.8 Å². The molecule has 2 rings (SSSR count). The van der Waals surface area contributed by atoms with Gasteiger partial charge in [0, 0.05) is 6.20 Å². The molecule has 21 heavy (non-hydrogen) atoms. The maximum atomic E-state index is 12.9. The van der Waals surface area contributed by atoms with E-state index in [1.807, 2.05) is 20.8 Å². The van der Waals surface area contributed by atoms with Crippen LogP contribution < -0.4 is 5.73 Å². The molecular weight excluding hydrogens is 303 g/mol. The summed E-state index contributed by atoms with van der Waals surface area (Å²) in [6.45, 7) is 7.49. The van der Waals surface area contributed by atoms with Gasteiger partial charge >= 0.3 is 6.18 Å². The Kier molecular flexibility index (Phi) is 3.74. The molecule has 2 N–H and O–H groups in total. The van der Waals surface area contributed by atoms with Crippen LogP contribution in [-0.2, 0) is 6.18 Å². The minimum atomic E-state index is -4.47. The second-order valence-electron chi connectivity index (χ2n) is 6.19. The molecule has 2 aromatic rings. The van der Waals surface area contributed by atoms with Gasteiger partial charge in [0.2, 0.25) is 0 Å². The fourth-order valence-electron chi connectivity index (χ4n) is 2.18. The summed E-state index contributed by atoms with van der Waals surface area (Å²) < 4.78 is 40.2. The number of fused-ring (bicyclic) bond motifs is 1. The SMILES string of the molecule is Cc1nc2c(Cl)cc(C(F)(F)F)cn2c1C(N)C(C)(C)C. The summed E-state index contributed by atoms with van der Waals surface area (Å²) in [6.07, 6.45) is -3.47. The average Bonchev–Trinajstić information content (AvgIpc) is 2.62. The molecule has 0 saturated heterocycles. The van der Waals surface area contributed by atoms with Crippen molar-refractivity contribution in [1.29, 1.82) is 0 Å². The van der Waals surface area contributed by atoms with E-state index in [1.165, 1.54) is 4.40 Å². The molecule has 0 saturated carbocycles. The summed E-state index contributed by atoms with van der Waals surface area (Å²) >= 11 is 5.95. The number of rotatable bonds is 1. The van der Waals surface area contributed by atoms with Crippen molar-refractivity contribution < 1.29 is 13.2 Å². The van der Waals surface area contributed by atoms with Crippen molar-refractivity contribution in [2.24, 2.45) is 11.1 Å². The van der Waals surface area contributed by atoms with Gasteiger partial charge in [-0.2, -0.15) is 13.2 Å². The summed E-state index contributed by atoms with van der Waals surface area (Å²) in [5.41, 5.74) is 6.49. The van der Waals surface area contributed by atoms with Gasteiger partial charge in [-0.1, -0.05) is 32.4 Å². The third-order valence-corrected chi connectivity index (χ3v) is 3.73. The lowest BCUT2D eigenvalue weighted by Gasteiger charge is -2.27. The van der Waals surface area contributed by atoms with Crippen molar-refractivity contribution >= 4 is 17.2 Å². The number of aryl methyl sites for hydroxylation is 1. The molecule has 2 aromatic heterocycles. The Morgan fingerprint density at radius 2 is 1.86 bits per heavy atom. The van der Waals surface area contributed by atoms with E-state index in [-0.39, 0.29) is 16.1 Å². The van der Waals surface area contributed by atoms with E-state index in [2.05, 4.69) is 4.98 Å². The first-order chi connectivity index (χ1) is 9.43. The van der Waals surface area contributed by atoms with Crippen LogP contribution in [0.2, 0.25) is 5.02 Å². The zero-order valence-corrected chi connectivity index (χ0v) is 13.0. The largest absolute Gasteiger partial charge is 0.417 e. The smallest absolute Gasteiger partial charge is 0.322 e. The van der Waals surface area contributed by atoms with Crippen LogP contribution in [0.4, 0.5) is 13.2 Å². The molecule has 7 heteroatoms. The van der Waals surface area contributed by atoms with Gasteiger partial charge in [-0.05, 0) is 18.4 Å². The summed E-state index contributed by atoms with van der Waals surface area (Å²) in [6, 6.07) is 0.419. The van der Waals surface area contributed by atoms with Crippen molar-refractivity contribution in [3.63, 3.8) is 0 Å². The highest BCUT2D eigenvalue weighted by Crippen LogP contribution is 2.37. The third-order valence-electron chi connectivity index (χ3n) is 3.45. The lowest BCUT2D eigenvalue weighted by Crippen LogP contribution is -2.28. The van der Waals surface area contributed by atoms with Gasteiger partial charge < -0.3 is 10.1 Å². The standard InChI is InChI=1S/C14H17ClF3N3/c1-7-10(11(19)13(2,3)4)21-6-8(14(16,17)18)5-9(15)12(21)20-7/h5-6,11H,19H2,1-4H3. The number of imidazole rings is 1. The Balaban J connectivity index is 2.78. The summed E-state index contributed by atoms with van der Waals surface area (Å²) in [4.78, 5) is 4.25. The maximum absolute atomic E-state index is 12.9. The highest BCUT2D eigenvalue weighted by atomic mass is 35.5. The molecule has 3 nitrogen and oxygen atoms in total. The minimum Gasteiger partial charge on any atom is -0.322 e. The van der Waals surface area contributed by atoms with Crippen LogP contribution in [0.3, 0.4) is 0 Å². The lowest BCUT2D eigenvalue weighted by atomic mass is 9.85. The van der Waals surface area contributed by atoms with E-state index >= 15 is 0 Å². The van der Waals surface area contributed by atoms with Crippen LogP contribution in [0.15, 0.2) is 12.3 Å². The van der Waals surface area contributed by atoms with Crippen molar-refractivity contribution in [3.8, 4) is 0 Å². The lowest BCUT2D eigenvalue weighted by molar-refractivity contribution is -0.137. The van der Waals surface area contributed by atoms with Crippen molar-refractivity contribution in [1.82, 2.24) is 9.38 Å². The van der Waals surface area contributed by atoms with Gasteiger partial charge in [0.05, 0.1) is 28.0 Å². The van der Waals surface area contributed by atoms with Gasteiger partial charge in [0.25, 0.3) is 0 Å². The van der Waals surface area contributed by atoms with Crippen LogP contribution >= 0.6 is 11.6 Å². The first-order valence-corrected chi connectivity index (χ1v) is 6.81. The van der Waals surface area contributed by atoms with E-state index in [1.54, 1.807) is 6.92 Å². The van der Waals surface area contributed by atoms with Gasteiger partial charge in [-0.15, -0.1) is 0 Å². The van der Waals surface area contributed by atoms with E-state index in [9.17, 15) is 13.2 Å². The predicted molar refractivity (Wildman–Crippen MR) is 76.3 cm³/mol. The number of halogens is 4. The second-order valence-corrected chi connectivity index (χ2v) is 6.60. The van der Waals surface area contributed by atoms with Gasteiger partial charge in [-0.3, -0.25) is 0 Å². The van der Waals surface area contributed by atoms with Crippen LogP contribution in [0.1, 0.15) is 43.8 Å². The van der Waals surface area contributed by atoms with Crippen LogP contribution in [0.25, 0.3) is 5.65 Å². The second kappa shape index (κ2) is 4.88. The molecular formula is C14H17ClF3N3.